The first-order chi connectivity index (χ1) is 17.8. The number of hydrogen-bond donors (Lipinski definition) is 2. The van der Waals surface area contributed by atoms with Crippen molar-refractivity contribution in [2.75, 3.05) is 31.3 Å². The van der Waals surface area contributed by atoms with Gasteiger partial charge in [-0.15, -0.1) is 0 Å². The van der Waals surface area contributed by atoms with Crippen LogP contribution in [0.4, 0.5) is 18.9 Å². The van der Waals surface area contributed by atoms with Gasteiger partial charge in [0.15, 0.2) is 5.65 Å². The van der Waals surface area contributed by atoms with Crippen LogP contribution < -0.4 is 10.1 Å². The molecule has 0 bridgehead atoms. The first-order valence-corrected chi connectivity index (χ1v) is 15.2. The van der Waals surface area contributed by atoms with Gasteiger partial charge in [-0.2, -0.15) is 17.9 Å². The summed E-state index contributed by atoms with van der Waals surface area (Å²) < 4.78 is 93.1. The van der Waals surface area contributed by atoms with E-state index in [9.17, 15) is 30.0 Å². The van der Waals surface area contributed by atoms with Crippen molar-refractivity contribution < 1.29 is 30.0 Å². The molecule has 2 aliphatic heterocycles. The summed E-state index contributed by atoms with van der Waals surface area (Å²) in [5, 5.41) is 2.29. The minimum atomic E-state index is -4.29. The van der Waals surface area contributed by atoms with Gasteiger partial charge in [0.1, 0.15) is 0 Å². The van der Waals surface area contributed by atoms with Crippen LogP contribution in [0.3, 0.4) is 0 Å². The molecule has 1 aromatic carbocycles. The van der Waals surface area contributed by atoms with Gasteiger partial charge < -0.3 is 5.43 Å². The second-order valence-corrected chi connectivity index (χ2v) is 13.2. The van der Waals surface area contributed by atoms with Crippen LogP contribution in [0.1, 0.15) is 18.4 Å². The number of anilines is 1. The molecule has 1 unspecified atom stereocenters. The van der Waals surface area contributed by atoms with Crippen molar-refractivity contribution in [2.45, 2.75) is 36.6 Å². The minimum Gasteiger partial charge on any atom is -0.315 e. The van der Waals surface area contributed by atoms with Gasteiger partial charge in [-0.1, -0.05) is 18.2 Å². The van der Waals surface area contributed by atoms with Gasteiger partial charge in [-0.05, 0) is 50.0 Å². The minimum absolute atomic E-state index is 0.119. The van der Waals surface area contributed by atoms with E-state index in [1.807, 2.05) is 0 Å². The van der Waals surface area contributed by atoms with Crippen molar-refractivity contribution in [1.29, 1.82) is 0 Å². The van der Waals surface area contributed by atoms with Gasteiger partial charge in [0.05, 0.1) is 35.7 Å². The zero-order chi connectivity index (χ0) is 27.3. The van der Waals surface area contributed by atoms with E-state index in [1.54, 1.807) is 29.3 Å². The lowest BCUT2D eigenvalue weighted by atomic mass is 9.93. The molecule has 2 N–H and O–H groups in total. The van der Waals surface area contributed by atoms with Crippen LogP contribution in [-0.2, 0) is 26.6 Å². The number of hydrogen-bond acceptors (Lipinski definition) is 8. The molecule has 0 amide bonds. The lowest BCUT2D eigenvalue weighted by Crippen LogP contribution is -2.55. The maximum Gasteiger partial charge on any atom is 0.401 e. The number of nitrogens with zero attached hydrogens (tertiary/aromatic N) is 4. The van der Waals surface area contributed by atoms with Crippen LogP contribution in [0.25, 0.3) is 11.0 Å². The maximum atomic E-state index is 13.2. The number of rotatable bonds is 7. The topological polar surface area (TPSA) is 117 Å². The van der Waals surface area contributed by atoms with Crippen LogP contribution in [0.5, 0.6) is 0 Å². The van der Waals surface area contributed by atoms with Crippen molar-refractivity contribution >= 4 is 36.8 Å². The molecule has 4 heterocycles. The largest absolute Gasteiger partial charge is 0.401 e. The van der Waals surface area contributed by atoms with E-state index in [1.165, 1.54) is 29.4 Å². The van der Waals surface area contributed by atoms with Crippen LogP contribution in [-0.4, -0.2) is 73.9 Å². The van der Waals surface area contributed by atoms with Gasteiger partial charge in [-0.3, -0.25) is 4.90 Å². The summed E-state index contributed by atoms with van der Waals surface area (Å²) in [6.07, 6.45) is -0.303. The van der Waals surface area contributed by atoms with Crippen molar-refractivity contribution in [3.8, 4) is 0 Å². The third-order valence-corrected chi connectivity index (χ3v) is 9.19. The van der Waals surface area contributed by atoms with Crippen LogP contribution in [0.2, 0.25) is 0 Å². The predicted molar refractivity (Wildman–Crippen MR) is 135 cm³/mol. The third-order valence-electron chi connectivity index (χ3n) is 6.84. The molecular formula is C23H27F3N6O4S2. The first kappa shape index (κ1) is 26.9. The van der Waals surface area contributed by atoms with E-state index >= 15 is 0 Å². The fraction of sp³-hybridized carbons (Fsp3) is 0.435. The van der Waals surface area contributed by atoms with Gasteiger partial charge in [0, 0.05) is 23.7 Å². The van der Waals surface area contributed by atoms with Gasteiger partial charge in [0.25, 0.3) is 10.0 Å². The summed E-state index contributed by atoms with van der Waals surface area (Å²) in [6.45, 7) is -0.374. The normalized spacial score (nSPS) is 18.9. The quantitative estimate of drug-likeness (QED) is 0.444. The van der Waals surface area contributed by atoms with E-state index in [0.29, 0.717) is 23.9 Å². The van der Waals surface area contributed by atoms with Crippen LogP contribution in [0.15, 0.2) is 53.7 Å². The van der Waals surface area contributed by atoms with Crippen molar-refractivity contribution in [3.63, 3.8) is 0 Å². The van der Waals surface area contributed by atoms with Gasteiger partial charge in [0.2, 0.25) is 10.0 Å². The number of aromatic nitrogens is 2. The van der Waals surface area contributed by atoms with Crippen molar-refractivity contribution in [3.05, 3.63) is 54.4 Å². The zero-order valence-corrected chi connectivity index (χ0v) is 22.0. The van der Waals surface area contributed by atoms with E-state index < -0.39 is 38.9 Å². The molecule has 1 atom stereocenters. The molecule has 10 nitrogen and oxygen atoms in total. The zero-order valence-electron chi connectivity index (χ0n) is 20.4. The molecule has 0 spiro atoms. The number of pyridine rings is 1. The molecule has 38 heavy (non-hydrogen) atoms. The van der Waals surface area contributed by atoms with E-state index in [-0.39, 0.29) is 36.1 Å². The molecule has 2 aliphatic rings. The Kier molecular flexibility index (Phi) is 6.92. The number of fused-ring (bicyclic) bond motifs is 3. The standard InChI is InChI=1S/C23H27F3N6O4S2/c1-37(33,34)29-21(16-7-10-30(11-8-16)15-23(24,25)26)31-14-19-18-9-12-32(22(18)27-13-20(19)28-31)38(35,36)17-5-3-2-4-6-17/h2-6,9,12-13,16,21,28-29H,7-8,10-11,14-15H2,1H3. The average Bonchev–Trinajstić information content (AvgIpc) is 3.47. The SMILES string of the molecule is CS(=O)(=O)NC(C1CCN(CC(F)(F)F)CC1)N1Cc2c(cnc3c2ccn3S(=O)(=O)c2ccccc2)N1. The average molecular weight is 573 g/mol. The molecular weight excluding hydrogens is 545 g/mol. The smallest absolute Gasteiger partial charge is 0.315 e. The number of likely N-dealkylation sites (tertiary alicyclic amines) is 1. The summed E-state index contributed by atoms with van der Waals surface area (Å²) in [7, 11) is -7.54. The molecule has 0 saturated carbocycles. The molecule has 5 rings (SSSR count). The Morgan fingerprint density at radius 3 is 2.42 bits per heavy atom. The Bertz CT molecular complexity index is 1540. The number of halogens is 3. The highest BCUT2D eigenvalue weighted by atomic mass is 32.2. The Morgan fingerprint density at radius 2 is 1.79 bits per heavy atom. The number of sulfonamides is 1. The highest BCUT2D eigenvalue weighted by Crippen LogP contribution is 2.36. The lowest BCUT2D eigenvalue weighted by molar-refractivity contribution is -0.149. The summed E-state index contributed by atoms with van der Waals surface area (Å²) in [5.74, 6) is -0.248. The Labute approximate surface area is 218 Å². The maximum absolute atomic E-state index is 13.2. The molecule has 1 fully saturated rings. The summed E-state index contributed by atoms with van der Waals surface area (Å²) in [6, 6.07) is 9.64. The first-order valence-electron chi connectivity index (χ1n) is 11.9. The summed E-state index contributed by atoms with van der Waals surface area (Å²) in [5.41, 5.74) is 4.75. The fourth-order valence-corrected chi connectivity index (χ4v) is 7.21. The molecule has 3 aromatic rings. The van der Waals surface area contributed by atoms with E-state index in [2.05, 4.69) is 15.1 Å². The summed E-state index contributed by atoms with van der Waals surface area (Å²) in [4.78, 5) is 5.81. The van der Waals surface area contributed by atoms with E-state index in [0.717, 1.165) is 15.8 Å². The molecule has 1 saturated heterocycles. The number of alkyl halides is 3. The predicted octanol–water partition coefficient (Wildman–Crippen LogP) is 2.57. The Morgan fingerprint density at radius 1 is 1.11 bits per heavy atom. The molecule has 0 aliphatic carbocycles. The third kappa shape index (κ3) is 5.52. The molecule has 206 valence electrons. The lowest BCUT2D eigenvalue weighted by Gasteiger charge is -2.39. The molecule has 2 aromatic heterocycles. The van der Waals surface area contributed by atoms with Gasteiger partial charge in [-0.25, -0.2) is 30.8 Å². The second kappa shape index (κ2) is 9.79. The second-order valence-electron chi connectivity index (χ2n) is 9.62. The number of nitrogens with one attached hydrogen (secondary N) is 2. The highest BCUT2D eigenvalue weighted by Gasteiger charge is 2.39. The van der Waals surface area contributed by atoms with E-state index in [4.69, 9.17) is 0 Å². The monoisotopic (exact) mass is 572 g/mol. The van der Waals surface area contributed by atoms with Crippen LogP contribution in [0, 0.1) is 5.92 Å². The highest BCUT2D eigenvalue weighted by molar-refractivity contribution is 7.90. The number of benzene rings is 1. The number of hydrazine groups is 1. The Balaban J connectivity index is 1.41. The molecule has 0 radical (unpaired) electrons. The number of piperidine rings is 1. The van der Waals surface area contributed by atoms with Gasteiger partial charge >= 0.3 is 6.18 Å². The van der Waals surface area contributed by atoms with Crippen LogP contribution >= 0.6 is 0 Å². The van der Waals surface area contributed by atoms with Crippen molar-refractivity contribution in [1.82, 2.24) is 23.6 Å². The molecule has 15 heteroatoms. The Hall–Kier alpha value is -2.72. The fourth-order valence-electron chi connectivity index (χ4n) is 5.13. The summed E-state index contributed by atoms with van der Waals surface area (Å²) >= 11 is 0. The van der Waals surface area contributed by atoms with Crippen molar-refractivity contribution in [2.24, 2.45) is 5.92 Å².